The molecule has 1 amide bonds. The number of carbonyl (C=O) groups is 1. The van der Waals surface area contributed by atoms with Crippen molar-refractivity contribution in [3.63, 3.8) is 0 Å². The number of rotatable bonds is 8. The molecule has 2 heterocycles. The number of nitrogens with one attached hydrogen (secondary N) is 1. The molecule has 4 aromatic rings. The largest absolute Gasteiger partial charge is 0.346 e. The Morgan fingerprint density at radius 2 is 1.79 bits per heavy atom. The molecule has 34 heavy (non-hydrogen) atoms. The fourth-order valence-corrected chi connectivity index (χ4v) is 4.65. The zero-order chi connectivity index (χ0) is 24.5. The van der Waals surface area contributed by atoms with Crippen molar-refractivity contribution in [3.8, 4) is 0 Å². The molecule has 1 N–H and O–H groups in total. The molecule has 0 saturated heterocycles. The molecule has 2 aromatic carbocycles. The highest BCUT2D eigenvalue weighted by Crippen LogP contribution is 2.27. The Balaban J connectivity index is 0.00000158. The second kappa shape index (κ2) is 12.4. The van der Waals surface area contributed by atoms with Crippen LogP contribution in [0.2, 0.25) is 0 Å². The maximum atomic E-state index is 12.8. The zero-order valence-corrected chi connectivity index (χ0v) is 21.7. The van der Waals surface area contributed by atoms with Gasteiger partial charge in [0.2, 0.25) is 0 Å². The Labute approximate surface area is 207 Å². The Bertz CT molecular complexity index is 1200. The number of hydrogen-bond donors (Lipinski definition) is 1. The molecule has 178 valence electrons. The molecule has 0 spiro atoms. The first kappa shape index (κ1) is 25.6. The summed E-state index contributed by atoms with van der Waals surface area (Å²) in [6.07, 6.45) is 2.73. The first-order chi connectivity index (χ1) is 16.5. The van der Waals surface area contributed by atoms with E-state index in [9.17, 15) is 4.79 Å². The number of carbonyl (C=O) groups excluding carboxylic acids is 1. The molecule has 4 rings (SSSR count). The maximum Gasteiger partial charge on any atom is 0.251 e. The SMILES string of the molecule is CC.CCSc1ccc(CNC(=O)c2ccc3c(c2)cc(Cc2ccccc2)n3C(C)C)nc1. The van der Waals surface area contributed by atoms with Gasteiger partial charge >= 0.3 is 0 Å². The predicted octanol–water partition coefficient (Wildman–Crippen LogP) is 7.28. The third-order valence-electron chi connectivity index (χ3n) is 5.46. The molecule has 0 saturated carbocycles. The standard InChI is InChI=1S/C27H29N3OS.C2H6/c1-4-32-25-12-11-23(28-18-25)17-29-27(31)21-10-13-26-22(15-21)16-24(30(26)19(2)3)14-20-8-6-5-7-9-20;1-2/h5-13,15-16,18-19H,4,14,17H2,1-3H3,(H,29,31);1-2H3. The van der Waals surface area contributed by atoms with Crippen LogP contribution in [0.25, 0.3) is 10.9 Å². The van der Waals surface area contributed by atoms with Crippen LogP contribution in [-0.2, 0) is 13.0 Å². The fraction of sp³-hybridized carbons (Fsp3) is 0.310. The second-order valence-electron chi connectivity index (χ2n) is 8.14. The van der Waals surface area contributed by atoms with Crippen LogP contribution in [0.4, 0.5) is 0 Å². The molecule has 5 heteroatoms. The number of thioether (sulfide) groups is 1. The van der Waals surface area contributed by atoms with Crippen LogP contribution in [0, 0.1) is 0 Å². The number of benzene rings is 2. The Kier molecular flexibility index (Phi) is 9.34. The quantitative estimate of drug-likeness (QED) is 0.274. The average Bonchev–Trinajstić information content (AvgIpc) is 3.22. The van der Waals surface area contributed by atoms with Gasteiger partial charge < -0.3 is 9.88 Å². The Morgan fingerprint density at radius 1 is 1.03 bits per heavy atom. The minimum atomic E-state index is -0.0809. The van der Waals surface area contributed by atoms with E-state index in [2.05, 4.69) is 78.1 Å². The number of fused-ring (bicyclic) bond motifs is 1. The second-order valence-corrected chi connectivity index (χ2v) is 9.47. The molecule has 0 atom stereocenters. The molecular weight excluding hydrogens is 438 g/mol. The van der Waals surface area contributed by atoms with Crippen molar-refractivity contribution in [3.05, 3.63) is 95.4 Å². The van der Waals surface area contributed by atoms with E-state index < -0.39 is 0 Å². The summed E-state index contributed by atoms with van der Waals surface area (Å²) in [6, 6.07) is 23.0. The third kappa shape index (κ3) is 6.29. The molecule has 0 aliphatic rings. The molecule has 0 aliphatic heterocycles. The van der Waals surface area contributed by atoms with E-state index in [1.807, 2.05) is 44.3 Å². The topological polar surface area (TPSA) is 46.9 Å². The van der Waals surface area contributed by atoms with Crippen molar-refractivity contribution in [1.29, 1.82) is 0 Å². The normalized spacial score (nSPS) is 10.8. The van der Waals surface area contributed by atoms with E-state index in [-0.39, 0.29) is 5.91 Å². The van der Waals surface area contributed by atoms with E-state index in [0.29, 0.717) is 18.2 Å². The van der Waals surface area contributed by atoms with Gasteiger partial charge in [0, 0.05) is 45.7 Å². The molecule has 0 unspecified atom stereocenters. The minimum absolute atomic E-state index is 0.0809. The monoisotopic (exact) mass is 473 g/mol. The van der Waals surface area contributed by atoms with Gasteiger partial charge in [-0.1, -0.05) is 51.1 Å². The van der Waals surface area contributed by atoms with Crippen LogP contribution >= 0.6 is 11.8 Å². The Hall–Kier alpha value is -3.05. The number of amides is 1. The van der Waals surface area contributed by atoms with Gasteiger partial charge in [-0.15, -0.1) is 11.8 Å². The van der Waals surface area contributed by atoms with E-state index >= 15 is 0 Å². The van der Waals surface area contributed by atoms with Gasteiger partial charge in [-0.3, -0.25) is 9.78 Å². The van der Waals surface area contributed by atoms with Crippen LogP contribution in [0.5, 0.6) is 0 Å². The van der Waals surface area contributed by atoms with Crippen LogP contribution in [0.3, 0.4) is 0 Å². The zero-order valence-electron chi connectivity index (χ0n) is 20.8. The lowest BCUT2D eigenvalue weighted by Gasteiger charge is -2.15. The van der Waals surface area contributed by atoms with Crippen molar-refractivity contribution in [2.24, 2.45) is 0 Å². The molecular formula is C29H35N3OS. The van der Waals surface area contributed by atoms with Crippen molar-refractivity contribution >= 4 is 28.6 Å². The highest BCUT2D eigenvalue weighted by atomic mass is 32.2. The summed E-state index contributed by atoms with van der Waals surface area (Å²) < 4.78 is 2.36. The summed E-state index contributed by atoms with van der Waals surface area (Å²) in [4.78, 5) is 18.4. The maximum absolute atomic E-state index is 12.8. The summed E-state index contributed by atoms with van der Waals surface area (Å²) >= 11 is 1.76. The molecule has 0 fully saturated rings. The van der Waals surface area contributed by atoms with Crippen molar-refractivity contribution in [2.45, 2.75) is 58.5 Å². The third-order valence-corrected chi connectivity index (χ3v) is 6.33. The van der Waals surface area contributed by atoms with Gasteiger partial charge in [0.15, 0.2) is 0 Å². The van der Waals surface area contributed by atoms with Crippen LogP contribution in [0.1, 0.15) is 68.0 Å². The van der Waals surface area contributed by atoms with Gasteiger partial charge in [0.25, 0.3) is 5.91 Å². The van der Waals surface area contributed by atoms with Gasteiger partial charge in [-0.2, -0.15) is 0 Å². The molecule has 0 bridgehead atoms. The molecule has 2 aromatic heterocycles. The number of pyridine rings is 1. The van der Waals surface area contributed by atoms with Gasteiger partial charge in [0.05, 0.1) is 12.2 Å². The first-order valence-electron chi connectivity index (χ1n) is 12.1. The highest BCUT2D eigenvalue weighted by molar-refractivity contribution is 7.99. The first-order valence-corrected chi connectivity index (χ1v) is 13.1. The van der Waals surface area contributed by atoms with Crippen LogP contribution in [0.15, 0.2) is 77.8 Å². The lowest BCUT2D eigenvalue weighted by atomic mass is 10.1. The lowest BCUT2D eigenvalue weighted by molar-refractivity contribution is 0.0950. The number of hydrogen-bond acceptors (Lipinski definition) is 3. The smallest absolute Gasteiger partial charge is 0.251 e. The van der Waals surface area contributed by atoms with E-state index in [1.165, 1.54) is 11.3 Å². The molecule has 4 nitrogen and oxygen atoms in total. The summed E-state index contributed by atoms with van der Waals surface area (Å²) in [7, 11) is 0. The Morgan fingerprint density at radius 3 is 2.44 bits per heavy atom. The van der Waals surface area contributed by atoms with Crippen molar-refractivity contribution in [1.82, 2.24) is 14.9 Å². The van der Waals surface area contributed by atoms with E-state index in [0.717, 1.165) is 33.7 Å². The summed E-state index contributed by atoms with van der Waals surface area (Å²) in [6.45, 7) is 10.9. The summed E-state index contributed by atoms with van der Waals surface area (Å²) in [5.74, 6) is 0.939. The minimum Gasteiger partial charge on any atom is -0.346 e. The fourth-order valence-electron chi connectivity index (χ4n) is 4.03. The predicted molar refractivity (Wildman–Crippen MR) is 145 cm³/mol. The summed E-state index contributed by atoms with van der Waals surface area (Å²) in [5, 5.41) is 4.09. The number of nitrogens with zero attached hydrogens (tertiary/aromatic N) is 2. The summed E-state index contributed by atoms with van der Waals surface area (Å²) in [5.41, 5.74) is 5.23. The van der Waals surface area contributed by atoms with Crippen LogP contribution in [-0.4, -0.2) is 21.2 Å². The van der Waals surface area contributed by atoms with Crippen LogP contribution < -0.4 is 5.32 Å². The van der Waals surface area contributed by atoms with Gasteiger partial charge in [0.1, 0.15) is 0 Å². The van der Waals surface area contributed by atoms with E-state index in [1.54, 1.807) is 11.8 Å². The van der Waals surface area contributed by atoms with Gasteiger partial charge in [-0.25, -0.2) is 0 Å². The van der Waals surface area contributed by atoms with Crippen molar-refractivity contribution in [2.75, 3.05) is 5.75 Å². The lowest BCUT2D eigenvalue weighted by Crippen LogP contribution is -2.23. The highest BCUT2D eigenvalue weighted by Gasteiger charge is 2.14. The van der Waals surface area contributed by atoms with Crippen molar-refractivity contribution < 1.29 is 4.79 Å². The van der Waals surface area contributed by atoms with Gasteiger partial charge in [-0.05, 0) is 61.6 Å². The molecule has 0 radical (unpaired) electrons. The average molecular weight is 474 g/mol. The van der Waals surface area contributed by atoms with E-state index in [4.69, 9.17) is 0 Å². The number of aromatic nitrogens is 2. The molecule has 0 aliphatic carbocycles.